The van der Waals surface area contributed by atoms with E-state index in [0.29, 0.717) is 49.9 Å². The fourth-order valence-corrected chi connectivity index (χ4v) is 9.29. The number of anilines is 1. The molecule has 0 radical (unpaired) electrons. The summed E-state index contributed by atoms with van der Waals surface area (Å²) in [6.45, 7) is 16.2. The molecule has 0 spiro atoms. The first-order valence-electron chi connectivity index (χ1n) is 15.6. The van der Waals surface area contributed by atoms with Crippen molar-refractivity contribution in [3.05, 3.63) is 29.6 Å². The highest BCUT2D eigenvalue weighted by Gasteiger charge is 2.62. The highest BCUT2D eigenvalue weighted by Crippen LogP contribution is 2.65. The van der Waals surface area contributed by atoms with Crippen LogP contribution in [0, 0.1) is 46.3 Å². The maximum Gasteiger partial charge on any atom is 0.303 e. The molecule has 9 heteroatoms. The molecule has 0 saturated heterocycles. The molecule has 4 aliphatic carbocycles. The van der Waals surface area contributed by atoms with Gasteiger partial charge >= 0.3 is 5.97 Å². The van der Waals surface area contributed by atoms with E-state index in [-0.39, 0.29) is 57.9 Å². The average molecular weight is 579 g/mol. The minimum atomic E-state index is -0.449. The topological polar surface area (TPSA) is 131 Å². The summed E-state index contributed by atoms with van der Waals surface area (Å²) in [4.78, 5) is 55.9. The number of nitrogens with one attached hydrogen (secondary N) is 2. The monoisotopic (exact) mass is 578 g/mol. The van der Waals surface area contributed by atoms with Gasteiger partial charge in [0.1, 0.15) is 18.2 Å². The van der Waals surface area contributed by atoms with Crippen LogP contribution in [-0.4, -0.2) is 44.7 Å². The van der Waals surface area contributed by atoms with Gasteiger partial charge in [-0.3, -0.25) is 24.5 Å². The number of ether oxygens (including phenoxy) is 1. The lowest BCUT2D eigenvalue weighted by Gasteiger charge is -2.56. The summed E-state index contributed by atoms with van der Waals surface area (Å²) in [6, 6.07) is 0. The van der Waals surface area contributed by atoms with Gasteiger partial charge in [-0.05, 0) is 80.1 Å². The number of ketones is 2. The van der Waals surface area contributed by atoms with Crippen molar-refractivity contribution in [1.82, 2.24) is 15.2 Å². The van der Waals surface area contributed by atoms with E-state index < -0.39 is 6.10 Å². The normalized spacial score (nSPS) is 35.5. The van der Waals surface area contributed by atoms with Crippen molar-refractivity contribution in [1.29, 1.82) is 0 Å². The first-order chi connectivity index (χ1) is 19.8. The number of amides is 1. The van der Waals surface area contributed by atoms with Crippen molar-refractivity contribution in [2.24, 2.45) is 46.3 Å². The fourth-order valence-electron chi connectivity index (χ4n) is 9.29. The number of esters is 1. The Hall–Kier alpha value is -3.10. The van der Waals surface area contributed by atoms with E-state index in [2.05, 4.69) is 47.8 Å². The second-order valence-corrected chi connectivity index (χ2v) is 14.0. The standard InChI is InChI=1S/C33H46N4O5/c1-17(19(3)30(41)36-31-34-16-35-37-31)8-9-18(2)22-10-11-23-28-27(42-21(5)38)14-24-20(4)25(39)12-13-32(24,6)29(28)26(40)15-33(22,23)7/h16,18-20,22-24,27H,1,8-15H2,2-7H3,(H2,34,35,36,37,41)/t18-,19+,20+,22-,23+,24+,27-,32+,33-/m1/s1. The fraction of sp³-hybridized carbons (Fsp3) is 0.697. The molecule has 2 N–H and O–H groups in total. The summed E-state index contributed by atoms with van der Waals surface area (Å²) in [5.41, 5.74) is 2.21. The Balaban J connectivity index is 1.35. The molecule has 0 aliphatic heterocycles. The molecule has 0 aromatic carbocycles. The van der Waals surface area contributed by atoms with Gasteiger partial charge in [-0.25, -0.2) is 5.10 Å². The number of aromatic nitrogens is 3. The predicted octanol–water partition coefficient (Wildman–Crippen LogP) is 5.61. The number of hydrogen-bond donors (Lipinski definition) is 2. The van der Waals surface area contributed by atoms with E-state index in [9.17, 15) is 19.2 Å². The summed E-state index contributed by atoms with van der Waals surface area (Å²) in [5.74, 6) is 0.519. The number of H-pyrrole nitrogens is 1. The van der Waals surface area contributed by atoms with Gasteiger partial charge in [-0.2, -0.15) is 10.1 Å². The van der Waals surface area contributed by atoms with Crippen molar-refractivity contribution in [2.75, 3.05) is 5.32 Å². The largest absolute Gasteiger partial charge is 0.458 e. The smallest absolute Gasteiger partial charge is 0.303 e. The van der Waals surface area contributed by atoms with Crippen LogP contribution < -0.4 is 5.32 Å². The molecular weight excluding hydrogens is 532 g/mol. The van der Waals surface area contributed by atoms with Crippen LogP contribution in [-0.2, 0) is 23.9 Å². The Morgan fingerprint density at radius 3 is 2.64 bits per heavy atom. The zero-order valence-corrected chi connectivity index (χ0v) is 25.9. The third kappa shape index (κ3) is 5.06. The molecule has 0 bridgehead atoms. The Morgan fingerprint density at radius 1 is 1.24 bits per heavy atom. The van der Waals surface area contributed by atoms with Gasteiger partial charge in [0.05, 0.1) is 5.92 Å². The van der Waals surface area contributed by atoms with Gasteiger partial charge in [0.15, 0.2) is 5.78 Å². The number of aromatic amines is 1. The van der Waals surface area contributed by atoms with E-state index in [1.54, 1.807) is 0 Å². The van der Waals surface area contributed by atoms with Crippen LogP contribution in [0.25, 0.3) is 0 Å². The molecule has 9 nitrogen and oxygen atoms in total. The Kier molecular flexibility index (Phi) is 8.09. The Bertz CT molecular complexity index is 1320. The van der Waals surface area contributed by atoms with Gasteiger partial charge in [0.2, 0.25) is 11.9 Å². The number of carbonyl (C=O) groups excluding carboxylic acids is 4. The number of nitrogens with zero attached hydrogens (tertiary/aromatic N) is 2. The summed E-state index contributed by atoms with van der Waals surface area (Å²) in [5, 5.41) is 9.14. The van der Waals surface area contributed by atoms with E-state index in [0.717, 1.165) is 36.0 Å². The van der Waals surface area contributed by atoms with Crippen molar-refractivity contribution in [2.45, 2.75) is 99.0 Å². The van der Waals surface area contributed by atoms with Crippen LogP contribution in [0.4, 0.5) is 5.95 Å². The van der Waals surface area contributed by atoms with Gasteiger partial charge in [0, 0.05) is 36.7 Å². The van der Waals surface area contributed by atoms with Gasteiger partial charge in [-0.1, -0.05) is 39.8 Å². The molecule has 1 heterocycles. The van der Waals surface area contributed by atoms with Crippen molar-refractivity contribution >= 4 is 29.4 Å². The zero-order valence-electron chi connectivity index (χ0n) is 25.9. The van der Waals surface area contributed by atoms with Crippen LogP contribution in [0.2, 0.25) is 0 Å². The summed E-state index contributed by atoms with van der Waals surface area (Å²) in [7, 11) is 0. The van der Waals surface area contributed by atoms with Crippen molar-refractivity contribution < 1.29 is 23.9 Å². The first kappa shape index (κ1) is 30.4. The van der Waals surface area contributed by atoms with Crippen LogP contribution in [0.15, 0.2) is 29.6 Å². The molecule has 42 heavy (non-hydrogen) atoms. The van der Waals surface area contributed by atoms with Crippen LogP contribution in [0.1, 0.15) is 92.9 Å². The molecule has 1 amide bonds. The Labute approximate surface area is 248 Å². The second-order valence-electron chi connectivity index (χ2n) is 14.0. The summed E-state index contributed by atoms with van der Waals surface area (Å²) >= 11 is 0. The molecule has 228 valence electrons. The zero-order chi connectivity index (χ0) is 30.6. The molecule has 5 rings (SSSR count). The van der Waals surface area contributed by atoms with E-state index in [4.69, 9.17) is 4.74 Å². The van der Waals surface area contributed by atoms with E-state index in [1.807, 2.05) is 13.8 Å². The summed E-state index contributed by atoms with van der Waals surface area (Å²) in [6.07, 6.45) is 6.72. The van der Waals surface area contributed by atoms with E-state index >= 15 is 0 Å². The maximum atomic E-state index is 14.2. The lowest BCUT2D eigenvalue weighted by atomic mass is 9.48. The minimum absolute atomic E-state index is 0.000491. The lowest BCUT2D eigenvalue weighted by molar-refractivity contribution is -0.150. The number of hydrogen-bond acceptors (Lipinski definition) is 7. The van der Waals surface area contributed by atoms with E-state index in [1.165, 1.54) is 13.3 Å². The SMILES string of the molecule is C=C(CC[C@@H](C)[C@H]1CC[C@H]2C3=C(C(=O)C[C@]12C)[C@@]1(C)CCC(=O)[C@@H](C)[C@@H]1C[C@H]3OC(C)=O)[C@H](C)C(=O)Nc1ncn[nH]1. The minimum Gasteiger partial charge on any atom is -0.458 e. The number of allylic oxidation sites excluding steroid dienone is 1. The molecule has 1 aromatic heterocycles. The molecule has 1 aromatic rings. The van der Waals surface area contributed by atoms with Gasteiger partial charge < -0.3 is 4.74 Å². The molecule has 4 aliphatic rings. The maximum absolute atomic E-state index is 14.2. The molecule has 2 fully saturated rings. The lowest BCUT2D eigenvalue weighted by Crippen LogP contribution is -2.54. The van der Waals surface area contributed by atoms with Gasteiger partial charge in [-0.15, -0.1) is 0 Å². The highest BCUT2D eigenvalue weighted by atomic mass is 16.5. The molecule has 0 unspecified atom stereocenters. The number of Topliss-reactive ketones (excluding diaryl/α,β-unsaturated/α-hetero) is 2. The third-order valence-electron chi connectivity index (χ3n) is 11.7. The number of rotatable bonds is 8. The van der Waals surface area contributed by atoms with Crippen molar-refractivity contribution in [3.8, 4) is 0 Å². The van der Waals surface area contributed by atoms with Gasteiger partial charge in [0.25, 0.3) is 0 Å². The Morgan fingerprint density at radius 2 is 1.98 bits per heavy atom. The second kappa shape index (κ2) is 11.2. The highest BCUT2D eigenvalue weighted by molar-refractivity contribution is 6.00. The third-order valence-corrected chi connectivity index (χ3v) is 11.7. The first-order valence-corrected chi connectivity index (χ1v) is 15.6. The van der Waals surface area contributed by atoms with Crippen LogP contribution >= 0.6 is 0 Å². The van der Waals surface area contributed by atoms with Crippen LogP contribution in [0.5, 0.6) is 0 Å². The average Bonchev–Trinajstić information content (AvgIpc) is 3.56. The van der Waals surface area contributed by atoms with Crippen molar-refractivity contribution in [3.63, 3.8) is 0 Å². The molecular formula is C33H46N4O5. The number of carbonyl (C=O) groups is 4. The quantitative estimate of drug-likeness (QED) is 0.303. The van der Waals surface area contributed by atoms with Crippen LogP contribution in [0.3, 0.4) is 0 Å². The molecule has 9 atom stereocenters. The predicted molar refractivity (Wildman–Crippen MR) is 158 cm³/mol. The summed E-state index contributed by atoms with van der Waals surface area (Å²) < 4.78 is 5.98. The molecule has 2 saturated carbocycles. The number of fused-ring (bicyclic) bond motifs is 4.